The van der Waals surface area contributed by atoms with Gasteiger partial charge >= 0.3 is 0 Å². The predicted molar refractivity (Wildman–Crippen MR) is 90.7 cm³/mol. The third kappa shape index (κ3) is 3.85. The number of carbonyl (C=O) groups is 2. The molecule has 1 atom stereocenters. The molecule has 2 amide bonds. The fraction of sp³-hybridized carbons (Fsp3) is 0.368. The lowest BCUT2D eigenvalue weighted by molar-refractivity contribution is -0.127. The van der Waals surface area contributed by atoms with E-state index < -0.39 is 0 Å². The van der Waals surface area contributed by atoms with Gasteiger partial charge in [0.15, 0.2) is 0 Å². The summed E-state index contributed by atoms with van der Waals surface area (Å²) in [6.07, 6.45) is 3.75. The number of hydrogen-bond donors (Lipinski definition) is 1. The van der Waals surface area contributed by atoms with Crippen LogP contribution in [0.25, 0.3) is 0 Å². The van der Waals surface area contributed by atoms with Gasteiger partial charge in [-0.05, 0) is 31.4 Å². The van der Waals surface area contributed by atoms with E-state index in [4.69, 9.17) is 4.42 Å². The van der Waals surface area contributed by atoms with Crippen molar-refractivity contribution in [3.05, 3.63) is 59.5 Å². The highest BCUT2D eigenvalue weighted by Gasteiger charge is 2.30. The lowest BCUT2D eigenvalue weighted by Gasteiger charge is -2.17. The van der Waals surface area contributed by atoms with Crippen LogP contribution in [0.2, 0.25) is 0 Å². The van der Waals surface area contributed by atoms with E-state index in [0.717, 1.165) is 19.4 Å². The van der Waals surface area contributed by atoms with Gasteiger partial charge in [0, 0.05) is 19.5 Å². The maximum absolute atomic E-state index is 12.2. The number of amides is 2. The van der Waals surface area contributed by atoms with E-state index in [1.165, 1.54) is 11.8 Å². The van der Waals surface area contributed by atoms with Gasteiger partial charge in [-0.25, -0.2) is 0 Å². The molecule has 5 heteroatoms. The Bertz CT molecular complexity index is 708. The number of nitrogens with one attached hydrogen (secondary N) is 1. The van der Waals surface area contributed by atoms with Gasteiger partial charge in [0.2, 0.25) is 5.91 Å². The minimum Gasteiger partial charge on any atom is -0.469 e. The van der Waals surface area contributed by atoms with Crippen molar-refractivity contribution in [2.75, 3.05) is 13.1 Å². The van der Waals surface area contributed by atoms with E-state index in [0.29, 0.717) is 24.3 Å². The molecule has 24 heavy (non-hydrogen) atoms. The Labute approximate surface area is 141 Å². The Hall–Kier alpha value is -2.56. The fourth-order valence-corrected chi connectivity index (χ4v) is 3.09. The summed E-state index contributed by atoms with van der Waals surface area (Å²) < 4.78 is 5.15. The van der Waals surface area contributed by atoms with Crippen LogP contribution in [0.15, 0.2) is 47.1 Å². The highest BCUT2D eigenvalue weighted by Crippen LogP contribution is 2.15. The van der Waals surface area contributed by atoms with Crippen LogP contribution in [0, 0.1) is 6.92 Å². The molecule has 1 unspecified atom stereocenters. The van der Waals surface area contributed by atoms with Crippen molar-refractivity contribution >= 4 is 11.8 Å². The molecule has 0 radical (unpaired) electrons. The van der Waals surface area contributed by atoms with Crippen LogP contribution in [0.1, 0.15) is 34.5 Å². The van der Waals surface area contributed by atoms with E-state index in [2.05, 4.69) is 17.4 Å². The second kappa shape index (κ2) is 7.34. The number of likely N-dealkylation sites (tertiary alicyclic amines) is 1. The van der Waals surface area contributed by atoms with E-state index in [-0.39, 0.29) is 17.9 Å². The molecule has 3 rings (SSSR count). The van der Waals surface area contributed by atoms with Crippen molar-refractivity contribution in [3.63, 3.8) is 0 Å². The first-order valence-corrected chi connectivity index (χ1v) is 8.30. The van der Waals surface area contributed by atoms with Gasteiger partial charge in [0.1, 0.15) is 5.76 Å². The Morgan fingerprint density at radius 1 is 1.29 bits per heavy atom. The summed E-state index contributed by atoms with van der Waals surface area (Å²) in [4.78, 5) is 26.2. The van der Waals surface area contributed by atoms with Crippen LogP contribution in [-0.2, 0) is 11.2 Å². The molecule has 1 aromatic carbocycles. The molecule has 5 nitrogen and oxygen atoms in total. The van der Waals surface area contributed by atoms with Crippen LogP contribution < -0.4 is 5.32 Å². The Balaban J connectivity index is 1.47. The molecule has 126 valence electrons. The number of nitrogens with zero attached hydrogens (tertiary/aromatic N) is 1. The smallest absolute Gasteiger partial charge is 0.255 e. The molecule has 0 bridgehead atoms. The number of furan rings is 1. The van der Waals surface area contributed by atoms with E-state index in [1.807, 2.05) is 23.1 Å². The van der Waals surface area contributed by atoms with Gasteiger partial charge in [-0.2, -0.15) is 0 Å². The molecule has 1 aliphatic rings. The molecule has 1 N–H and O–H groups in total. The Kier molecular flexibility index (Phi) is 4.99. The molecule has 2 heterocycles. The molecule has 2 aromatic rings. The SMILES string of the molecule is Cc1occc1C(=O)NC1CC(=O)N(CCCc2ccccc2)C1. The molecule has 1 aromatic heterocycles. The lowest BCUT2D eigenvalue weighted by atomic mass is 10.1. The molecule has 0 saturated carbocycles. The van der Waals surface area contributed by atoms with Gasteiger partial charge in [-0.1, -0.05) is 30.3 Å². The average Bonchev–Trinajstić information content (AvgIpc) is 3.14. The fourth-order valence-electron chi connectivity index (χ4n) is 3.09. The summed E-state index contributed by atoms with van der Waals surface area (Å²) in [5.74, 6) is 0.527. The van der Waals surface area contributed by atoms with E-state index in [1.54, 1.807) is 13.0 Å². The first-order valence-electron chi connectivity index (χ1n) is 8.30. The highest BCUT2D eigenvalue weighted by molar-refractivity contribution is 5.95. The molecule has 1 fully saturated rings. The third-order valence-corrected chi connectivity index (χ3v) is 4.39. The second-order valence-electron chi connectivity index (χ2n) is 6.19. The molecular formula is C19H22N2O3. The quantitative estimate of drug-likeness (QED) is 0.887. The van der Waals surface area contributed by atoms with Gasteiger partial charge in [0.25, 0.3) is 5.91 Å². The predicted octanol–water partition coefficient (Wildman–Crippen LogP) is 2.55. The zero-order valence-electron chi connectivity index (χ0n) is 13.8. The van der Waals surface area contributed by atoms with Gasteiger partial charge in [0.05, 0.1) is 17.9 Å². The van der Waals surface area contributed by atoms with Gasteiger partial charge in [-0.15, -0.1) is 0 Å². The first-order chi connectivity index (χ1) is 11.6. The van der Waals surface area contributed by atoms with Crippen molar-refractivity contribution in [3.8, 4) is 0 Å². The number of carbonyl (C=O) groups excluding carboxylic acids is 2. The van der Waals surface area contributed by atoms with Crippen molar-refractivity contribution in [1.29, 1.82) is 0 Å². The molecular weight excluding hydrogens is 304 g/mol. The number of aryl methyl sites for hydroxylation is 2. The summed E-state index contributed by atoms with van der Waals surface area (Å²) in [6, 6.07) is 11.8. The van der Waals surface area contributed by atoms with Crippen LogP contribution in [0.3, 0.4) is 0 Å². The van der Waals surface area contributed by atoms with Crippen molar-refractivity contribution in [1.82, 2.24) is 10.2 Å². The maximum atomic E-state index is 12.2. The summed E-state index contributed by atoms with van der Waals surface area (Å²) >= 11 is 0. The number of hydrogen-bond acceptors (Lipinski definition) is 3. The normalized spacial score (nSPS) is 17.3. The van der Waals surface area contributed by atoms with Crippen LogP contribution in [0.4, 0.5) is 0 Å². The number of rotatable bonds is 6. The third-order valence-electron chi connectivity index (χ3n) is 4.39. The summed E-state index contributed by atoms with van der Waals surface area (Å²) in [7, 11) is 0. The van der Waals surface area contributed by atoms with Crippen molar-refractivity contribution in [2.24, 2.45) is 0 Å². The number of benzene rings is 1. The maximum Gasteiger partial charge on any atom is 0.255 e. The Morgan fingerprint density at radius 2 is 2.08 bits per heavy atom. The van der Waals surface area contributed by atoms with Crippen LogP contribution in [0.5, 0.6) is 0 Å². The van der Waals surface area contributed by atoms with Gasteiger partial charge < -0.3 is 14.6 Å². The molecule has 0 aliphatic carbocycles. The second-order valence-corrected chi connectivity index (χ2v) is 6.19. The highest BCUT2D eigenvalue weighted by atomic mass is 16.3. The monoisotopic (exact) mass is 326 g/mol. The summed E-state index contributed by atoms with van der Waals surface area (Å²) in [6.45, 7) is 3.06. The molecule has 1 saturated heterocycles. The largest absolute Gasteiger partial charge is 0.469 e. The van der Waals surface area contributed by atoms with Crippen molar-refractivity contribution < 1.29 is 14.0 Å². The van der Waals surface area contributed by atoms with Gasteiger partial charge in [-0.3, -0.25) is 9.59 Å². The standard InChI is InChI=1S/C19H22N2O3/c1-14-17(9-11-24-14)19(23)20-16-12-18(22)21(13-16)10-5-8-15-6-3-2-4-7-15/h2-4,6-7,9,11,16H,5,8,10,12-13H2,1H3,(H,20,23). The topological polar surface area (TPSA) is 62.6 Å². The van der Waals surface area contributed by atoms with Crippen molar-refractivity contribution in [2.45, 2.75) is 32.2 Å². The van der Waals surface area contributed by atoms with E-state index in [9.17, 15) is 9.59 Å². The zero-order valence-corrected chi connectivity index (χ0v) is 13.8. The summed E-state index contributed by atoms with van der Waals surface area (Å²) in [5, 5.41) is 2.93. The average molecular weight is 326 g/mol. The minimum atomic E-state index is -0.176. The van der Waals surface area contributed by atoms with Crippen LogP contribution >= 0.6 is 0 Å². The summed E-state index contributed by atoms with van der Waals surface area (Å²) in [5.41, 5.74) is 1.81. The molecule has 0 spiro atoms. The first kappa shape index (κ1) is 16.3. The van der Waals surface area contributed by atoms with E-state index >= 15 is 0 Å². The van der Waals surface area contributed by atoms with Crippen LogP contribution in [-0.4, -0.2) is 35.8 Å². The Morgan fingerprint density at radius 3 is 2.79 bits per heavy atom. The lowest BCUT2D eigenvalue weighted by Crippen LogP contribution is -2.37. The molecule has 1 aliphatic heterocycles. The minimum absolute atomic E-state index is 0.109. The zero-order chi connectivity index (χ0) is 16.9.